The Labute approximate surface area is 109 Å². The highest BCUT2D eigenvalue weighted by Gasteiger charge is 2.19. The van der Waals surface area contributed by atoms with Crippen LogP contribution < -0.4 is 0 Å². The zero-order valence-electron chi connectivity index (χ0n) is 10.8. The number of rotatable bonds is 2. The lowest BCUT2D eigenvalue weighted by Crippen LogP contribution is -2.08. The summed E-state index contributed by atoms with van der Waals surface area (Å²) in [7, 11) is 0. The van der Waals surface area contributed by atoms with Crippen LogP contribution >= 0.6 is 0 Å². The minimum Gasteiger partial charge on any atom is -0.295 e. The number of hydrogen-bond acceptors (Lipinski definition) is 1. The van der Waals surface area contributed by atoms with Crippen molar-refractivity contribution in [2.75, 3.05) is 0 Å². The molecule has 1 aromatic carbocycles. The van der Waals surface area contributed by atoms with Gasteiger partial charge in [-0.3, -0.25) is 4.79 Å². The van der Waals surface area contributed by atoms with E-state index in [-0.39, 0.29) is 0 Å². The van der Waals surface area contributed by atoms with Crippen LogP contribution in [0, 0.1) is 0 Å². The summed E-state index contributed by atoms with van der Waals surface area (Å²) in [5, 5.41) is 0. The van der Waals surface area contributed by atoms with Crippen LogP contribution in [0.4, 0.5) is 0 Å². The van der Waals surface area contributed by atoms with Gasteiger partial charge in [0.05, 0.1) is 0 Å². The van der Waals surface area contributed by atoms with Crippen LogP contribution in [-0.4, -0.2) is 5.78 Å². The Bertz CT molecular complexity index is 463. The van der Waals surface area contributed by atoms with Crippen molar-refractivity contribution in [3.63, 3.8) is 0 Å². The van der Waals surface area contributed by atoms with Crippen LogP contribution in [0.5, 0.6) is 0 Å². The zero-order chi connectivity index (χ0) is 12.4. The number of hydrogen-bond donors (Lipinski definition) is 0. The van der Waals surface area contributed by atoms with E-state index in [4.69, 9.17) is 0 Å². The number of ketones is 1. The van der Waals surface area contributed by atoms with Crippen molar-refractivity contribution in [2.45, 2.75) is 50.9 Å². The first kappa shape index (κ1) is 11.7. The maximum absolute atomic E-state index is 11.6. The summed E-state index contributed by atoms with van der Waals surface area (Å²) in [4.78, 5) is 11.6. The Hall–Kier alpha value is -1.37. The second-order valence-electron chi connectivity index (χ2n) is 5.59. The minimum atomic E-state index is 0.297. The van der Waals surface area contributed by atoms with Gasteiger partial charge in [-0.05, 0) is 60.8 Å². The molecule has 0 aromatic heterocycles. The van der Waals surface area contributed by atoms with Gasteiger partial charge in [0, 0.05) is 6.42 Å². The average Bonchev–Trinajstić information content (AvgIpc) is 2.53. The second-order valence-corrected chi connectivity index (χ2v) is 5.59. The molecule has 0 unspecified atom stereocenters. The van der Waals surface area contributed by atoms with Gasteiger partial charge in [0.15, 0.2) is 5.78 Å². The molecule has 1 aromatic rings. The van der Waals surface area contributed by atoms with Gasteiger partial charge in [0.25, 0.3) is 0 Å². The summed E-state index contributed by atoms with van der Waals surface area (Å²) in [6.07, 6.45) is 9.90. The van der Waals surface area contributed by atoms with Crippen LogP contribution in [0.3, 0.4) is 0 Å². The first-order chi connectivity index (χ1) is 8.83. The lowest BCUT2D eigenvalue weighted by atomic mass is 9.80. The fourth-order valence-electron chi connectivity index (χ4n) is 2.89. The molecule has 2 aliphatic rings. The van der Waals surface area contributed by atoms with Gasteiger partial charge in [-0.2, -0.15) is 0 Å². The third-order valence-corrected chi connectivity index (χ3v) is 4.31. The lowest BCUT2D eigenvalue weighted by molar-refractivity contribution is -0.114. The normalized spacial score (nSPS) is 21.1. The van der Waals surface area contributed by atoms with Crippen molar-refractivity contribution in [3.8, 4) is 0 Å². The highest BCUT2D eigenvalue weighted by Crippen LogP contribution is 2.37. The molecule has 0 N–H and O–H groups in total. The van der Waals surface area contributed by atoms with Gasteiger partial charge in [-0.25, -0.2) is 0 Å². The van der Waals surface area contributed by atoms with E-state index >= 15 is 0 Å². The minimum absolute atomic E-state index is 0.297. The van der Waals surface area contributed by atoms with E-state index in [1.807, 2.05) is 6.08 Å². The number of allylic oxidation sites excluding steroid dienone is 2. The van der Waals surface area contributed by atoms with E-state index in [9.17, 15) is 4.79 Å². The van der Waals surface area contributed by atoms with Crippen LogP contribution in [0.1, 0.15) is 62.0 Å². The summed E-state index contributed by atoms with van der Waals surface area (Å²) in [6, 6.07) is 8.93. The summed E-state index contributed by atoms with van der Waals surface area (Å²) in [5.74, 6) is 1.09. The van der Waals surface area contributed by atoms with Gasteiger partial charge in [-0.15, -0.1) is 0 Å². The summed E-state index contributed by atoms with van der Waals surface area (Å²) in [6.45, 7) is 0. The van der Waals surface area contributed by atoms with E-state index in [1.54, 1.807) is 0 Å². The molecule has 1 heteroatoms. The maximum Gasteiger partial charge on any atom is 0.155 e. The number of carbonyl (C=O) groups is 1. The average molecular weight is 240 g/mol. The second kappa shape index (κ2) is 5.09. The predicted octanol–water partition coefficient (Wildman–Crippen LogP) is 4.48. The van der Waals surface area contributed by atoms with Crippen molar-refractivity contribution >= 4 is 11.4 Å². The summed E-state index contributed by atoms with van der Waals surface area (Å²) in [5.41, 5.74) is 3.96. The molecule has 0 radical (unpaired) electrons. The molecule has 0 aliphatic heterocycles. The largest absolute Gasteiger partial charge is 0.295 e. The van der Waals surface area contributed by atoms with Gasteiger partial charge in [0.1, 0.15) is 0 Å². The molecule has 94 valence electrons. The fourth-order valence-corrected chi connectivity index (χ4v) is 2.89. The molecule has 3 rings (SSSR count). The molecule has 0 amide bonds. The smallest absolute Gasteiger partial charge is 0.155 e. The Balaban J connectivity index is 1.80. The van der Waals surface area contributed by atoms with E-state index in [0.29, 0.717) is 5.78 Å². The SMILES string of the molecule is O=C1C=C(c2ccc(C3CCC3)cc2)CCCC1. The lowest BCUT2D eigenvalue weighted by Gasteiger charge is -2.25. The molecule has 1 fully saturated rings. The highest BCUT2D eigenvalue weighted by molar-refractivity contribution is 5.97. The third kappa shape index (κ3) is 2.40. The summed E-state index contributed by atoms with van der Waals surface area (Å²) >= 11 is 0. The van der Waals surface area contributed by atoms with Gasteiger partial charge < -0.3 is 0 Å². The quantitative estimate of drug-likeness (QED) is 0.745. The van der Waals surface area contributed by atoms with Crippen molar-refractivity contribution in [1.29, 1.82) is 0 Å². The fraction of sp³-hybridized carbons (Fsp3) is 0.471. The zero-order valence-corrected chi connectivity index (χ0v) is 10.8. The van der Waals surface area contributed by atoms with E-state index in [1.165, 1.54) is 36.0 Å². The Morgan fingerprint density at radius 3 is 2.28 bits per heavy atom. The van der Waals surface area contributed by atoms with Crippen molar-refractivity contribution < 1.29 is 4.79 Å². The molecular formula is C17H20O. The first-order valence-corrected chi connectivity index (χ1v) is 7.17. The molecular weight excluding hydrogens is 220 g/mol. The maximum atomic E-state index is 11.6. The molecule has 0 spiro atoms. The topological polar surface area (TPSA) is 17.1 Å². The van der Waals surface area contributed by atoms with Crippen molar-refractivity contribution in [1.82, 2.24) is 0 Å². The molecule has 2 aliphatic carbocycles. The Kier molecular flexibility index (Phi) is 3.31. The van der Waals surface area contributed by atoms with Crippen molar-refractivity contribution in [3.05, 3.63) is 41.5 Å². The third-order valence-electron chi connectivity index (χ3n) is 4.31. The molecule has 0 atom stereocenters. The molecule has 18 heavy (non-hydrogen) atoms. The first-order valence-electron chi connectivity index (χ1n) is 7.17. The number of carbonyl (C=O) groups excluding carboxylic acids is 1. The molecule has 1 saturated carbocycles. The van der Waals surface area contributed by atoms with Gasteiger partial charge in [0.2, 0.25) is 0 Å². The van der Waals surface area contributed by atoms with Gasteiger partial charge >= 0.3 is 0 Å². The van der Waals surface area contributed by atoms with Crippen molar-refractivity contribution in [2.24, 2.45) is 0 Å². The van der Waals surface area contributed by atoms with Crippen LogP contribution in [-0.2, 0) is 4.79 Å². The Morgan fingerprint density at radius 2 is 1.61 bits per heavy atom. The molecule has 0 saturated heterocycles. The van der Waals surface area contributed by atoms with Gasteiger partial charge in [-0.1, -0.05) is 30.7 Å². The summed E-state index contributed by atoms with van der Waals surface area (Å²) < 4.78 is 0. The van der Waals surface area contributed by atoms with Crippen LogP contribution in [0.15, 0.2) is 30.3 Å². The van der Waals surface area contributed by atoms with Crippen LogP contribution in [0.2, 0.25) is 0 Å². The molecule has 0 heterocycles. The number of benzene rings is 1. The van der Waals surface area contributed by atoms with Crippen LogP contribution in [0.25, 0.3) is 5.57 Å². The predicted molar refractivity (Wildman–Crippen MR) is 74.5 cm³/mol. The van der Waals surface area contributed by atoms with E-state index in [0.717, 1.165) is 31.6 Å². The highest BCUT2D eigenvalue weighted by atomic mass is 16.1. The Morgan fingerprint density at radius 1 is 0.889 bits per heavy atom. The standard InChI is InChI=1S/C17H20O/c18-17-7-2-1-4-16(12-17)15-10-8-14(9-11-15)13-5-3-6-13/h8-13H,1-7H2. The van der Waals surface area contributed by atoms with E-state index in [2.05, 4.69) is 24.3 Å². The monoisotopic (exact) mass is 240 g/mol. The van der Waals surface area contributed by atoms with E-state index < -0.39 is 0 Å². The molecule has 0 bridgehead atoms. The molecule has 1 nitrogen and oxygen atoms in total.